The van der Waals surface area contributed by atoms with Crippen LogP contribution in [0.15, 0.2) is 18.2 Å². The lowest BCUT2D eigenvalue weighted by molar-refractivity contribution is 0.162. The normalized spacial score (nSPS) is 13.3. The lowest BCUT2D eigenvalue weighted by Crippen LogP contribution is -2.05. The van der Waals surface area contributed by atoms with Crippen LogP contribution in [-0.2, 0) is 0 Å². The zero-order valence-corrected chi connectivity index (χ0v) is 13.2. The van der Waals surface area contributed by atoms with Gasteiger partial charge in [0.05, 0.1) is 6.10 Å². The summed E-state index contributed by atoms with van der Waals surface area (Å²) in [5.41, 5.74) is 3.82. The van der Waals surface area contributed by atoms with Gasteiger partial charge in [0.1, 0.15) is 0 Å². The van der Waals surface area contributed by atoms with Gasteiger partial charge in [0.25, 0.3) is 0 Å². The van der Waals surface area contributed by atoms with Gasteiger partial charge in [0.2, 0.25) is 0 Å². The Bertz CT molecular complexity index is 379. The van der Waals surface area contributed by atoms with Crippen molar-refractivity contribution in [1.29, 1.82) is 0 Å². The van der Waals surface area contributed by atoms with Crippen molar-refractivity contribution in [1.82, 2.24) is 0 Å². The molecule has 0 fully saturated rings. The highest BCUT2D eigenvalue weighted by atomic mass is 16.3. The molecule has 0 heterocycles. The zero-order chi connectivity index (χ0) is 14.4. The first-order valence-electron chi connectivity index (χ1n) is 7.79. The molecule has 1 heteroatoms. The second-order valence-corrected chi connectivity index (χ2v) is 6.21. The van der Waals surface area contributed by atoms with E-state index in [4.69, 9.17) is 0 Å². The predicted octanol–water partition coefficient (Wildman–Crippen LogP) is 5.55. The molecular weight excluding hydrogens is 232 g/mol. The fraction of sp³-hybridized carbons (Fsp3) is 0.667. The molecule has 1 aromatic rings. The minimum absolute atomic E-state index is 0.301. The number of aliphatic hydroxyl groups is 1. The van der Waals surface area contributed by atoms with Crippen molar-refractivity contribution in [2.75, 3.05) is 0 Å². The maximum Gasteiger partial charge on any atom is 0.0792 e. The topological polar surface area (TPSA) is 20.2 Å². The van der Waals surface area contributed by atoms with E-state index in [-0.39, 0.29) is 6.10 Å². The van der Waals surface area contributed by atoms with Gasteiger partial charge in [-0.15, -0.1) is 0 Å². The second kappa shape index (κ2) is 7.69. The lowest BCUT2D eigenvalue weighted by atomic mass is 9.88. The van der Waals surface area contributed by atoms with Gasteiger partial charge in [0.15, 0.2) is 0 Å². The summed E-state index contributed by atoms with van der Waals surface area (Å²) in [4.78, 5) is 0. The van der Waals surface area contributed by atoms with Crippen LogP contribution in [0.25, 0.3) is 0 Å². The molecule has 108 valence electrons. The van der Waals surface area contributed by atoms with Crippen LogP contribution in [0, 0.1) is 0 Å². The van der Waals surface area contributed by atoms with E-state index in [0.29, 0.717) is 11.8 Å². The van der Waals surface area contributed by atoms with Crippen LogP contribution >= 0.6 is 0 Å². The molecule has 0 saturated carbocycles. The summed E-state index contributed by atoms with van der Waals surface area (Å²) in [6, 6.07) is 6.60. The first-order valence-corrected chi connectivity index (χ1v) is 7.79. The first-order chi connectivity index (χ1) is 8.97. The summed E-state index contributed by atoms with van der Waals surface area (Å²) in [6.07, 6.45) is 4.11. The van der Waals surface area contributed by atoms with E-state index < -0.39 is 0 Å². The predicted molar refractivity (Wildman–Crippen MR) is 83.7 cm³/mol. The number of unbranched alkanes of at least 4 members (excludes halogenated alkanes) is 2. The third kappa shape index (κ3) is 4.65. The highest BCUT2D eigenvalue weighted by Crippen LogP contribution is 2.31. The molecule has 0 aromatic heterocycles. The smallest absolute Gasteiger partial charge is 0.0792 e. The Hall–Kier alpha value is -0.820. The minimum Gasteiger partial charge on any atom is -0.388 e. The Balaban J connectivity index is 2.92. The monoisotopic (exact) mass is 262 g/mol. The molecule has 1 rings (SSSR count). The van der Waals surface area contributed by atoms with Gasteiger partial charge in [-0.2, -0.15) is 0 Å². The Morgan fingerprint density at radius 3 is 2.16 bits per heavy atom. The quantitative estimate of drug-likeness (QED) is 0.639. The Morgan fingerprint density at radius 1 is 0.947 bits per heavy atom. The summed E-state index contributed by atoms with van der Waals surface area (Å²) in [5.74, 6) is 1.01. The van der Waals surface area contributed by atoms with Crippen molar-refractivity contribution in [2.45, 2.75) is 78.2 Å². The summed E-state index contributed by atoms with van der Waals surface area (Å²) in [6.45, 7) is 11.1. The van der Waals surface area contributed by atoms with Gasteiger partial charge < -0.3 is 5.11 Å². The zero-order valence-electron chi connectivity index (χ0n) is 13.2. The van der Waals surface area contributed by atoms with Gasteiger partial charge in [-0.3, -0.25) is 0 Å². The number of hydrogen-bond acceptors (Lipinski definition) is 1. The molecule has 19 heavy (non-hydrogen) atoms. The van der Waals surface area contributed by atoms with Crippen LogP contribution in [0.5, 0.6) is 0 Å². The molecule has 1 aromatic carbocycles. The van der Waals surface area contributed by atoms with Gasteiger partial charge in [0, 0.05) is 0 Å². The van der Waals surface area contributed by atoms with Crippen molar-refractivity contribution >= 4 is 0 Å². The molecule has 0 aliphatic carbocycles. The van der Waals surface area contributed by atoms with E-state index >= 15 is 0 Å². The highest BCUT2D eigenvalue weighted by Gasteiger charge is 2.15. The van der Waals surface area contributed by atoms with E-state index in [9.17, 15) is 5.11 Å². The van der Waals surface area contributed by atoms with Crippen LogP contribution in [0.3, 0.4) is 0 Å². The van der Waals surface area contributed by atoms with Crippen LogP contribution in [-0.4, -0.2) is 5.11 Å². The first kappa shape index (κ1) is 16.2. The van der Waals surface area contributed by atoms with Crippen molar-refractivity contribution in [3.8, 4) is 0 Å². The lowest BCUT2D eigenvalue weighted by Gasteiger charge is -2.20. The maximum atomic E-state index is 10.4. The highest BCUT2D eigenvalue weighted by molar-refractivity contribution is 5.36. The maximum absolute atomic E-state index is 10.4. The van der Waals surface area contributed by atoms with E-state index in [0.717, 1.165) is 18.4 Å². The van der Waals surface area contributed by atoms with Crippen molar-refractivity contribution in [2.24, 2.45) is 0 Å². The molecule has 1 nitrogen and oxygen atoms in total. The van der Waals surface area contributed by atoms with Crippen LogP contribution < -0.4 is 0 Å². The SMILES string of the molecule is CCCCCC(O)c1ccc(C(C)C)cc1C(C)C. The fourth-order valence-corrected chi connectivity index (χ4v) is 2.50. The molecule has 1 N–H and O–H groups in total. The standard InChI is InChI=1S/C18H30O/c1-6-7-8-9-18(19)16-11-10-15(13(2)3)12-17(16)14(4)5/h10-14,18-19H,6-9H2,1-5H3. The number of aliphatic hydroxyl groups excluding tert-OH is 1. The van der Waals surface area contributed by atoms with Gasteiger partial charge in [-0.05, 0) is 34.9 Å². The number of benzene rings is 1. The van der Waals surface area contributed by atoms with Gasteiger partial charge in [-0.25, -0.2) is 0 Å². The van der Waals surface area contributed by atoms with E-state index in [1.165, 1.54) is 24.0 Å². The number of hydrogen-bond donors (Lipinski definition) is 1. The molecule has 0 aliphatic rings. The Morgan fingerprint density at radius 2 is 1.63 bits per heavy atom. The van der Waals surface area contributed by atoms with E-state index in [2.05, 4.69) is 52.8 Å². The van der Waals surface area contributed by atoms with Crippen molar-refractivity contribution in [3.05, 3.63) is 34.9 Å². The molecule has 0 amide bonds. The average molecular weight is 262 g/mol. The summed E-state index contributed by atoms with van der Waals surface area (Å²) in [5, 5.41) is 10.4. The summed E-state index contributed by atoms with van der Waals surface area (Å²) >= 11 is 0. The van der Waals surface area contributed by atoms with Crippen molar-refractivity contribution in [3.63, 3.8) is 0 Å². The average Bonchev–Trinajstić information content (AvgIpc) is 2.38. The Kier molecular flexibility index (Phi) is 6.57. The van der Waals surface area contributed by atoms with Crippen LogP contribution in [0.2, 0.25) is 0 Å². The summed E-state index contributed by atoms with van der Waals surface area (Å²) < 4.78 is 0. The number of rotatable bonds is 7. The third-order valence-electron chi connectivity index (χ3n) is 3.84. The second-order valence-electron chi connectivity index (χ2n) is 6.21. The third-order valence-corrected chi connectivity index (χ3v) is 3.84. The minimum atomic E-state index is -0.301. The molecule has 0 bridgehead atoms. The molecule has 0 spiro atoms. The molecular formula is C18H30O. The Labute approximate surface area is 119 Å². The van der Waals surface area contributed by atoms with Crippen molar-refractivity contribution < 1.29 is 5.11 Å². The van der Waals surface area contributed by atoms with Crippen LogP contribution in [0.1, 0.15) is 94.9 Å². The molecule has 0 aliphatic heterocycles. The summed E-state index contributed by atoms with van der Waals surface area (Å²) in [7, 11) is 0. The van der Waals surface area contributed by atoms with Gasteiger partial charge >= 0.3 is 0 Å². The van der Waals surface area contributed by atoms with E-state index in [1.54, 1.807) is 0 Å². The molecule has 1 unspecified atom stereocenters. The molecule has 0 radical (unpaired) electrons. The molecule has 0 saturated heterocycles. The van der Waals surface area contributed by atoms with E-state index in [1.807, 2.05) is 0 Å². The van der Waals surface area contributed by atoms with Crippen LogP contribution in [0.4, 0.5) is 0 Å². The van der Waals surface area contributed by atoms with Gasteiger partial charge in [-0.1, -0.05) is 72.1 Å². The largest absolute Gasteiger partial charge is 0.388 e. The molecule has 1 atom stereocenters. The fourth-order valence-electron chi connectivity index (χ4n) is 2.50.